The molecule has 0 aliphatic heterocycles. The first-order chi connectivity index (χ1) is 12.4. The largest absolute Gasteiger partial charge is 0.469 e. The van der Waals surface area contributed by atoms with E-state index in [2.05, 4.69) is 47.4 Å². The highest BCUT2D eigenvalue weighted by Crippen LogP contribution is 2.61. The molecule has 0 bridgehead atoms. The molecule has 4 heteroatoms. The summed E-state index contributed by atoms with van der Waals surface area (Å²) >= 11 is 0. The summed E-state index contributed by atoms with van der Waals surface area (Å²) in [4.78, 5) is 11.7. The smallest absolute Gasteiger partial charge is 0.305 e. The molecule has 4 atom stereocenters. The van der Waals surface area contributed by atoms with E-state index in [9.17, 15) is 4.79 Å². The van der Waals surface area contributed by atoms with Gasteiger partial charge in [-0.05, 0) is 80.8 Å². The summed E-state index contributed by atoms with van der Waals surface area (Å²) in [7, 11) is -0.300. The molecule has 2 aliphatic rings. The second kappa shape index (κ2) is 8.40. The third kappa shape index (κ3) is 4.69. The van der Waals surface area contributed by atoms with Gasteiger partial charge in [0.05, 0.1) is 7.11 Å². The van der Waals surface area contributed by atoms with Gasteiger partial charge in [0.25, 0.3) is 0 Å². The number of fused-ring (bicyclic) bond motifs is 1. The first-order valence-corrected chi connectivity index (χ1v) is 13.8. The van der Waals surface area contributed by atoms with Crippen molar-refractivity contribution in [2.45, 2.75) is 103 Å². The zero-order chi connectivity index (χ0) is 20.5. The Bertz CT molecular complexity index is 548. The van der Waals surface area contributed by atoms with Gasteiger partial charge in [-0.2, -0.15) is 0 Å². The highest BCUT2D eigenvalue weighted by molar-refractivity contribution is 6.74. The molecular formula is C23H42O3Si. The number of esters is 1. The molecule has 2 fully saturated rings. The molecule has 0 radical (unpaired) electrons. The summed E-state index contributed by atoms with van der Waals surface area (Å²) in [6.45, 7) is 18.3. The fourth-order valence-corrected chi connectivity index (χ4v) is 6.90. The van der Waals surface area contributed by atoms with E-state index in [1.165, 1.54) is 44.8 Å². The van der Waals surface area contributed by atoms with E-state index >= 15 is 0 Å². The van der Waals surface area contributed by atoms with Gasteiger partial charge in [-0.25, -0.2) is 0 Å². The molecule has 0 aromatic rings. The van der Waals surface area contributed by atoms with Crippen molar-refractivity contribution in [1.82, 2.24) is 0 Å². The Labute approximate surface area is 168 Å². The standard InChI is InChI=1S/C23H42O3Si/c1-17(2)18-13-14-19-20(26-27(7,8)22(3,4)5)11-9-15-23(18,19)16-10-12-21(24)25-6/h18-20H,1,9-16H2,2-8H3/t18-,19+,20+,23+/m1/s1. The van der Waals surface area contributed by atoms with Gasteiger partial charge in [-0.15, -0.1) is 0 Å². The molecule has 0 heterocycles. The molecule has 0 aromatic carbocycles. The number of ether oxygens (including phenoxy) is 1. The Hall–Kier alpha value is -0.613. The number of hydrogen-bond acceptors (Lipinski definition) is 3. The molecule has 2 rings (SSSR count). The van der Waals surface area contributed by atoms with Gasteiger partial charge in [0.2, 0.25) is 0 Å². The highest BCUT2D eigenvalue weighted by atomic mass is 28.4. The second-order valence-corrected chi connectivity index (χ2v) is 15.3. The normalized spacial score (nSPS) is 31.4. The quantitative estimate of drug-likeness (QED) is 0.281. The van der Waals surface area contributed by atoms with Crippen LogP contribution in [0.4, 0.5) is 0 Å². The van der Waals surface area contributed by atoms with Gasteiger partial charge in [-0.3, -0.25) is 4.79 Å². The molecular weight excluding hydrogens is 352 g/mol. The van der Waals surface area contributed by atoms with Crippen LogP contribution in [0.1, 0.15) is 79.1 Å². The lowest BCUT2D eigenvalue weighted by Crippen LogP contribution is -2.50. The van der Waals surface area contributed by atoms with Crippen LogP contribution in [0.5, 0.6) is 0 Å². The lowest BCUT2D eigenvalue weighted by molar-refractivity contribution is -0.141. The molecule has 0 saturated heterocycles. The molecule has 2 aliphatic carbocycles. The van der Waals surface area contributed by atoms with Crippen LogP contribution in [-0.4, -0.2) is 27.5 Å². The number of rotatable bonds is 7. The van der Waals surface area contributed by atoms with Crippen molar-refractivity contribution in [3.8, 4) is 0 Å². The summed E-state index contributed by atoms with van der Waals surface area (Å²) in [6.07, 6.45) is 9.08. The Kier molecular flexibility index (Phi) is 7.06. The maximum atomic E-state index is 11.7. The Morgan fingerprint density at radius 3 is 2.44 bits per heavy atom. The molecule has 0 amide bonds. The van der Waals surface area contributed by atoms with E-state index in [0.29, 0.717) is 24.4 Å². The van der Waals surface area contributed by atoms with Crippen molar-refractivity contribution < 1.29 is 14.0 Å². The summed E-state index contributed by atoms with van der Waals surface area (Å²) in [5, 5.41) is 0.240. The van der Waals surface area contributed by atoms with Gasteiger partial charge >= 0.3 is 5.97 Å². The molecule has 2 saturated carbocycles. The van der Waals surface area contributed by atoms with Gasteiger partial charge in [0, 0.05) is 12.5 Å². The van der Waals surface area contributed by atoms with E-state index in [4.69, 9.17) is 9.16 Å². The summed E-state index contributed by atoms with van der Waals surface area (Å²) in [5.74, 6) is 1.10. The van der Waals surface area contributed by atoms with Crippen molar-refractivity contribution in [3.05, 3.63) is 12.2 Å². The maximum absolute atomic E-state index is 11.7. The van der Waals surface area contributed by atoms with Crippen LogP contribution in [0.15, 0.2) is 12.2 Å². The number of methoxy groups -OCH3 is 1. The summed E-state index contributed by atoms with van der Waals surface area (Å²) in [6, 6.07) is 0. The van der Waals surface area contributed by atoms with Crippen LogP contribution in [-0.2, 0) is 14.0 Å². The molecule has 0 N–H and O–H groups in total. The molecule has 3 nitrogen and oxygen atoms in total. The number of carbonyl (C=O) groups excluding carboxylic acids is 1. The van der Waals surface area contributed by atoms with E-state index in [0.717, 1.165) is 12.8 Å². The zero-order valence-electron chi connectivity index (χ0n) is 18.8. The van der Waals surface area contributed by atoms with Crippen molar-refractivity contribution in [3.63, 3.8) is 0 Å². The minimum absolute atomic E-state index is 0.0855. The first kappa shape index (κ1) is 22.7. The maximum Gasteiger partial charge on any atom is 0.305 e. The topological polar surface area (TPSA) is 35.5 Å². The predicted molar refractivity (Wildman–Crippen MR) is 115 cm³/mol. The summed E-state index contributed by atoms with van der Waals surface area (Å²) < 4.78 is 11.8. The van der Waals surface area contributed by atoms with E-state index in [1.807, 2.05) is 0 Å². The van der Waals surface area contributed by atoms with Gasteiger partial charge < -0.3 is 9.16 Å². The van der Waals surface area contributed by atoms with Gasteiger partial charge in [-0.1, -0.05) is 39.3 Å². The number of hydrogen-bond donors (Lipinski definition) is 0. The van der Waals surface area contributed by atoms with Gasteiger partial charge in [0.15, 0.2) is 8.32 Å². The van der Waals surface area contributed by atoms with E-state index < -0.39 is 8.32 Å². The average Bonchev–Trinajstić information content (AvgIpc) is 2.94. The fraction of sp³-hybridized carbons (Fsp3) is 0.870. The second-order valence-electron chi connectivity index (χ2n) is 10.6. The van der Waals surface area contributed by atoms with Crippen LogP contribution >= 0.6 is 0 Å². The average molecular weight is 395 g/mol. The zero-order valence-corrected chi connectivity index (χ0v) is 19.8. The Morgan fingerprint density at radius 2 is 1.89 bits per heavy atom. The molecule has 0 spiro atoms. The first-order valence-electron chi connectivity index (χ1n) is 10.8. The lowest BCUT2D eigenvalue weighted by atomic mass is 9.59. The van der Waals surface area contributed by atoms with Crippen LogP contribution in [0.3, 0.4) is 0 Å². The van der Waals surface area contributed by atoms with Crippen molar-refractivity contribution in [2.75, 3.05) is 7.11 Å². The SMILES string of the molecule is C=C(C)[C@H]1CC[C@H]2[C@@H](O[Si](C)(C)C(C)(C)C)CCC[C@]12CCCC(=O)OC. The third-order valence-corrected chi connectivity index (χ3v) is 12.4. The van der Waals surface area contributed by atoms with Crippen molar-refractivity contribution in [1.29, 1.82) is 0 Å². The number of carbonyl (C=O) groups is 1. The van der Waals surface area contributed by atoms with Crippen LogP contribution in [0.2, 0.25) is 18.1 Å². The number of allylic oxidation sites excluding steroid dienone is 1. The summed E-state index contributed by atoms with van der Waals surface area (Å²) in [5.41, 5.74) is 1.59. The lowest BCUT2D eigenvalue weighted by Gasteiger charge is -2.51. The van der Waals surface area contributed by atoms with Gasteiger partial charge in [0.1, 0.15) is 0 Å². The van der Waals surface area contributed by atoms with E-state index in [1.54, 1.807) is 0 Å². The minimum atomic E-state index is -1.79. The van der Waals surface area contributed by atoms with Crippen LogP contribution < -0.4 is 0 Å². The monoisotopic (exact) mass is 394 g/mol. The molecule has 0 aromatic heterocycles. The molecule has 156 valence electrons. The third-order valence-electron chi connectivity index (χ3n) is 7.88. The van der Waals surface area contributed by atoms with E-state index in [-0.39, 0.29) is 16.4 Å². The van der Waals surface area contributed by atoms with Crippen molar-refractivity contribution in [2.24, 2.45) is 17.3 Å². The Morgan fingerprint density at radius 1 is 1.22 bits per heavy atom. The fourth-order valence-electron chi connectivity index (χ4n) is 5.51. The van der Waals surface area contributed by atoms with Crippen LogP contribution in [0.25, 0.3) is 0 Å². The molecule has 0 unspecified atom stereocenters. The molecule has 27 heavy (non-hydrogen) atoms. The minimum Gasteiger partial charge on any atom is -0.469 e. The van der Waals surface area contributed by atoms with Crippen LogP contribution in [0, 0.1) is 17.3 Å². The highest BCUT2D eigenvalue weighted by Gasteiger charge is 2.55. The predicted octanol–water partition coefficient (Wildman–Crippen LogP) is 6.49. The van der Waals surface area contributed by atoms with Crippen molar-refractivity contribution >= 4 is 14.3 Å². The Balaban J connectivity index is 2.23.